The topological polar surface area (TPSA) is 68.8 Å². The van der Waals surface area contributed by atoms with Gasteiger partial charge < -0.3 is 11.1 Å². The summed E-state index contributed by atoms with van der Waals surface area (Å²) in [6.07, 6.45) is 8.88. The van der Waals surface area contributed by atoms with Crippen molar-refractivity contribution in [2.24, 2.45) is 11.7 Å². The molecule has 0 aliphatic heterocycles. The van der Waals surface area contributed by atoms with Gasteiger partial charge in [0, 0.05) is 18.8 Å². The molecule has 0 atom stereocenters. The number of hydrogen-bond acceptors (Lipinski definition) is 4. The third-order valence-electron chi connectivity index (χ3n) is 4.30. The molecule has 2 aromatic rings. The zero-order valence-electron chi connectivity index (χ0n) is 12.5. The second kappa shape index (κ2) is 6.26. The minimum atomic E-state index is 0.550. The summed E-state index contributed by atoms with van der Waals surface area (Å²) in [5, 5.41) is 7.58. The average Bonchev–Trinajstić information content (AvgIpc) is 2.95. The Kier molecular flexibility index (Phi) is 4.20. The molecule has 2 heterocycles. The third kappa shape index (κ3) is 3.08. The fourth-order valence-electron chi connectivity index (χ4n) is 2.96. The van der Waals surface area contributed by atoms with Gasteiger partial charge in [-0.25, -0.2) is 4.98 Å². The van der Waals surface area contributed by atoms with Gasteiger partial charge in [-0.1, -0.05) is 6.07 Å². The summed E-state index contributed by atoms with van der Waals surface area (Å²) in [4.78, 5) is 4.56. The molecular formula is C16H23N5. The molecule has 1 aliphatic carbocycles. The predicted octanol–water partition coefficient (Wildman–Crippen LogP) is 2.68. The molecule has 2 aromatic heterocycles. The van der Waals surface area contributed by atoms with E-state index in [1.165, 1.54) is 19.3 Å². The molecule has 0 amide bonds. The summed E-state index contributed by atoms with van der Waals surface area (Å²) in [5.74, 6) is 1.71. The minimum absolute atomic E-state index is 0.550. The molecule has 1 fully saturated rings. The van der Waals surface area contributed by atoms with Crippen molar-refractivity contribution in [2.45, 2.75) is 31.7 Å². The first-order valence-electron chi connectivity index (χ1n) is 7.69. The Morgan fingerprint density at radius 3 is 3.00 bits per heavy atom. The van der Waals surface area contributed by atoms with Crippen LogP contribution in [-0.4, -0.2) is 28.4 Å². The van der Waals surface area contributed by atoms with Gasteiger partial charge in [0.15, 0.2) is 0 Å². The van der Waals surface area contributed by atoms with Crippen LogP contribution in [0, 0.1) is 5.92 Å². The van der Waals surface area contributed by atoms with E-state index in [9.17, 15) is 0 Å². The standard InChI is InChI=1S/C16H23N5/c1-18-16-6-2-5-15(20-16)13-10-19-21(11-13)14-8-12(9-14)4-3-7-17/h2,5-6,10-12,14H,3-4,7-9,17H2,1H3,(H,18,20). The van der Waals surface area contributed by atoms with Crippen LogP contribution in [0.2, 0.25) is 0 Å². The number of anilines is 1. The number of rotatable bonds is 6. The van der Waals surface area contributed by atoms with Crippen molar-refractivity contribution in [3.63, 3.8) is 0 Å². The fourth-order valence-corrected chi connectivity index (χ4v) is 2.96. The smallest absolute Gasteiger partial charge is 0.126 e. The van der Waals surface area contributed by atoms with Crippen molar-refractivity contribution in [2.75, 3.05) is 18.9 Å². The van der Waals surface area contributed by atoms with Crippen molar-refractivity contribution in [1.82, 2.24) is 14.8 Å². The van der Waals surface area contributed by atoms with E-state index < -0.39 is 0 Å². The monoisotopic (exact) mass is 285 g/mol. The summed E-state index contributed by atoms with van der Waals surface area (Å²) in [6.45, 7) is 0.806. The first kappa shape index (κ1) is 14.1. The minimum Gasteiger partial charge on any atom is -0.373 e. The predicted molar refractivity (Wildman–Crippen MR) is 85.1 cm³/mol. The number of nitrogens with one attached hydrogen (secondary N) is 1. The Labute approximate surface area is 125 Å². The van der Waals surface area contributed by atoms with E-state index in [0.29, 0.717) is 6.04 Å². The maximum Gasteiger partial charge on any atom is 0.126 e. The van der Waals surface area contributed by atoms with E-state index in [2.05, 4.69) is 26.3 Å². The highest BCUT2D eigenvalue weighted by atomic mass is 15.3. The largest absolute Gasteiger partial charge is 0.373 e. The molecule has 112 valence electrons. The zero-order valence-corrected chi connectivity index (χ0v) is 12.5. The molecule has 0 bridgehead atoms. The summed E-state index contributed by atoms with van der Waals surface area (Å²) in [7, 11) is 1.88. The van der Waals surface area contributed by atoms with E-state index in [-0.39, 0.29) is 0 Å². The van der Waals surface area contributed by atoms with Crippen molar-refractivity contribution >= 4 is 5.82 Å². The Morgan fingerprint density at radius 2 is 2.24 bits per heavy atom. The van der Waals surface area contributed by atoms with Crippen LogP contribution in [0.25, 0.3) is 11.3 Å². The van der Waals surface area contributed by atoms with Gasteiger partial charge in [0.2, 0.25) is 0 Å². The Bertz CT molecular complexity index is 586. The lowest BCUT2D eigenvalue weighted by atomic mass is 9.77. The lowest BCUT2D eigenvalue weighted by Gasteiger charge is -2.35. The zero-order chi connectivity index (χ0) is 14.7. The number of hydrogen-bond donors (Lipinski definition) is 2. The number of pyridine rings is 1. The SMILES string of the molecule is CNc1cccc(-c2cnn(C3CC(CCCN)C3)c2)n1. The van der Waals surface area contributed by atoms with Crippen LogP contribution in [0.15, 0.2) is 30.6 Å². The third-order valence-corrected chi connectivity index (χ3v) is 4.30. The highest BCUT2D eigenvalue weighted by Gasteiger charge is 2.30. The number of aromatic nitrogens is 3. The maximum absolute atomic E-state index is 5.56. The molecule has 5 heteroatoms. The van der Waals surface area contributed by atoms with Crippen LogP contribution >= 0.6 is 0 Å². The molecule has 1 saturated carbocycles. The molecular weight excluding hydrogens is 262 g/mol. The van der Waals surface area contributed by atoms with E-state index in [1.807, 2.05) is 31.4 Å². The van der Waals surface area contributed by atoms with Gasteiger partial charge >= 0.3 is 0 Å². The molecule has 0 aromatic carbocycles. The van der Waals surface area contributed by atoms with Crippen LogP contribution in [-0.2, 0) is 0 Å². The van der Waals surface area contributed by atoms with Crippen LogP contribution in [0.1, 0.15) is 31.7 Å². The summed E-state index contributed by atoms with van der Waals surface area (Å²) < 4.78 is 2.10. The highest BCUT2D eigenvalue weighted by Crippen LogP contribution is 2.40. The second-order valence-corrected chi connectivity index (χ2v) is 5.79. The van der Waals surface area contributed by atoms with E-state index in [0.717, 1.165) is 36.0 Å². The van der Waals surface area contributed by atoms with Crippen molar-refractivity contribution < 1.29 is 0 Å². The van der Waals surface area contributed by atoms with Crippen molar-refractivity contribution in [1.29, 1.82) is 0 Å². The second-order valence-electron chi connectivity index (χ2n) is 5.79. The Balaban J connectivity index is 1.64. The molecule has 3 rings (SSSR count). The molecule has 3 N–H and O–H groups in total. The first-order valence-corrected chi connectivity index (χ1v) is 7.69. The number of nitrogens with two attached hydrogens (primary N) is 1. The van der Waals surface area contributed by atoms with Crippen LogP contribution in [0.5, 0.6) is 0 Å². The van der Waals surface area contributed by atoms with E-state index in [1.54, 1.807) is 0 Å². The number of nitrogens with zero attached hydrogens (tertiary/aromatic N) is 3. The molecule has 21 heavy (non-hydrogen) atoms. The van der Waals surface area contributed by atoms with Crippen molar-refractivity contribution in [3.05, 3.63) is 30.6 Å². The van der Waals surface area contributed by atoms with Crippen LogP contribution < -0.4 is 11.1 Å². The molecule has 1 aliphatic rings. The molecule has 0 radical (unpaired) electrons. The van der Waals surface area contributed by atoms with Gasteiger partial charge in [0.05, 0.1) is 17.9 Å². The normalized spacial score (nSPS) is 21.0. The molecule has 5 nitrogen and oxygen atoms in total. The van der Waals surface area contributed by atoms with E-state index >= 15 is 0 Å². The Morgan fingerprint density at radius 1 is 1.38 bits per heavy atom. The molecule has 0 saturated heterocycles. The van der Waals surface area contributed by atoms with Crippen LogP contribution in [0.3, 0.4) is 0 Å². The lowest BCUT2D eigenvalue weighted by Crippen LogP contribution is -2.27. The summed E-state index contributed by atoms with van der Waals surface area (Å²) in [5.41, 5.74) is 7.61. The quantitative estimate of drug-likeness (QED) is 0.856. The lowest BCUT2D eigenvalue weighted by molar-refractivity contribution is 0.171. The summed E-state index contributed by atoms with van der Waals surface area (Å²) in [6, 6.07) is 6.54. The van der Waals surface area contributed by atoms with Gasteiger partial charge in [-0.15, -0.1) is 0 Å². The highest BCUT2D eigenvalue weighted by molar-refractivity contribution is 5.59. The molecule has 0 unspecified atom stereocenters. The van der Waals surface area contributed by atoms with E-state index in [4.69, 9.17) is 5.73 Å². The van der Waals surface area contributed by atoms with Gasteiger partial charge in [0.1, 0.15) is 5.82 Å². The van der Waals surface area contributed by atoms with Crippen LogP contribution in [0.4, 0.5) is 5.82 Å². The Hall–Kier alpha value is -1.88. The van der Waals surface area contributed by atoms with Gasteiger partial charge in [-0.3, -0.25) is 4.68 Å². The van der Waals surface area contributed by atoms with Crippen molar-refractivity contribution in [3.8, 4) is 11.3 Å². The van der Waals surface area contributed by atoms with Gasteiger partial charge in [-0.05, 0) is 50.3 Å². The van der Waals surface area contributed by atoms with Gasteiger partial charge in [-0.2, -0.15) is 5.10 Å². The molecule has 0 spiro atoms. The first-order chi connectivity index (χ1) is 10.3. The average molecular weight is 285 g/mol. The summed E-state index contributed by atoms with van der Waals surface area (Å²) >= 11 is 0. The van der Waals surface area contributed by atoms with Gasteiger partial charge in [0.25, 0.3) is 0 Å². The maximum atomic E-state index is 5.56. The fraction of sp³-hybridized carbons (Fsp3) is 0.500.